The van der Waals surface area contributed by atoms with Crippen LogP contribution in [0.2, 0.25) is 0 Å². The molecule has 0 spiro atoms. The Kier molecular flexibility index (Phi) is 3.83. The number of rotatable bonds is 2. The van der Waals surface area contributed by atoms with Crippen LogP contribution in [0.3, 0.4) is 0 Å². The molecule has 0 saturated carbocycles. The molecule has 1 unspecified atom stereocenters. The number of hydrogen-bond donors (Lipinski definition) is 1. The zero-order valence-corrected chi connectivity index (χ0v) is 10.5. The summed E-state index contributed by atoms with van der Waals surface area (Å²) < 4.78 is 0. The highest BCUT2D eigenvalue weighted by atomic mass is 32.2. The lowest BCUT2D eigenvalue weighted by molar-refractivity contribution is 0.669. The van der Waals surface area contributed by atoms with Gasteiger partial charge in [0.1, 0.15) is 0 Å². The van der Waals surface area contributed by atoms with E-state index in [9.17, 15) is 0 Å². The first-order valence-electron chi connectivity index (χ1n) is 5.56. The number of aromatic nitrogens is 1. The average molecular weight is 235 g/mol. The monoisotopic (exact) mass is 235 g/mol. The molecule has 0 radical (unpaired) electrons. The first-order chi connectivity index (χ1) is 7.75. The molecule has 0 aliphatic carbocycles. The van der Waals surface area contributed by atoms with E-state index in [0.29, 0.717) is 5.92 Å². The Labute approximate surface area is 101 Å². The van der Waals surface area contributed by atoms with Gasteiger partial charge in [0, 0.05) is 31.2 Å². The van der Waals surface area contributed by atoms with E-state index in [1.54, 1.807) is 0 Å². The van der Waals surface area contributed by atoms with Crippen molar-refractivity contribution >= 4 is 16.9 Å². The predicted molar refractivity (Wildman–Crippen MR) is 69.7 cm³/mol. The van der Waals surface area contributed by atoms with E-state index >= 15 is 0 Å². The maximum Gasteiger partial charge on any atom is 0.156 e. The maximum absolute atomic E-state index is 4.50. The van der Waals surface area contributed by atoms with Gasteiger partial charge in [0.2, 0.25) is 0 Å². The van der Waals surface area contributed by atoms with E-state index in [-0.39, 0.29) is 0 Å². The summed E-state index contributed by atoms with van der Waals surface area (Å²) >= 11 is 1.81. The highest BCUT2D eigenvalue weighted by Crippen LogP contribution is 2.16. The van der Waals surface area contributed by atoms with Crippen molar-refractivity contribution in [3.8, 4) is 0 Å². The van der Waals surface area contributed by atoms with Crippen LogP contribution < -0.4 is 5.32 Å². The number of nitrogens with zero attached hydrogens (tertiary/aromatic N) is 2. The fourth-order valence-electron chi connectivity index (χ4n) is 1.52. The van der Waals surface area contributed by atoms with Gasteiger partial charge in [-0.2, -0.15) is 0 Å². The largest absolute Gasteiger partial charge is 0.361 e. The smallest absolute Gasteiger partial charge is 0.156 e. The number of aliphatic imine (C=N–C) groups is 1. The van der Waals surface area contributed by atoms with Crippen molar-refractivity contribution in [2.75, 3.05) is 12.3 Å². The number of nitrogens with one attached hydrogen (secondary N) is 1. The van der Waals surface area contributed by atoms with Crippen LogP contribution in [0.25, 0.3) is 0 Å². The fraction of sp³-hybridized carbons (Fsp3) is 0.500. The first-order valence-corrected chi connectivity index (χ1v) is 6.55. The van der Waals surface area contributed by atoms with E-state index in [1.165, 1.54) is 11.1 Å². The molecule has 0 fully saturated rings. The summed E-state index contributed by atoms with van der Waals surface area (Å²) in [6, 6.07) is 2.04. The van der Waals surface area contributed by atoms with Gasteiger partial charge < -0.3 is 5.32 Å². The molecule has 1 aliphatic heterocycles. The number of amidine groups is 1. The first kappa shape index (κ1) is 11.5. The quantitative estimate of drug-likeness (QED) is 0.854. The van der Waals surface area contributed by atoms with E-state index in [4.69, 9.17) is 0 Å². The summed E-state index contributed by atoms with van der Waals surface area (Å²) in [5.41, 5.74) is 2.52. The van der Waals surface area contributed by atoms with Crippen LogP contribution in [0.1, 0.15) is 18.1 Å². The van der Waals surface area contributed by atoms with Crippen molar-refractivity contribution < 1.29 is 0 Å². The van der Waals surface area contributed by atoms with E-state index in [1.807, 2.05) is 30.2 Å². The third-order valence-electron chi connectivity index (χ3n) is 2.63. The highest BCUT2D eigenvalue weighted by Gasteiger charge is 2.11. The van der Waals surface area contributed by atoms with Gasteiger partial charge in [-0.3, -0.25) is 9.98 Å². The van der Waals surface area contributed by atoms with E-state index < -0.39 is 0 Å². The minimum Gasteiger partial charge on any atom is -0.361 e. The SMILES string of the molecule is Cc1ccncc1CNC1=NCC(C)CS1. The van der Waals surface area contributed by atoms with Crippen molar-refractivity contribution in [3.05, 3.63) is 29.6 Å². The van der Waals surface area contributed by atoms with Crippen molar-refractivity contribution in [2.24, 2.45) is 10.9 Å². The number of pyridine rings is 1. The molecule has 1 atom stereocenters. The molecule has 3 nitrogen and oxygen atoms in total. The molecule has 16 heavy (non-hydrogen) atoms. The van der Waals surface area contributed by atoms with Crippen LogP contribution in [-0.4, -0.2) is 22.4 Å². The summed E-state index contributed by atoms with van der Waals surface area (Å²) in [5.74, 6) is 1.87. The van der Waals surface area contributed by atoms with Crippen molar-refractivity contribution in [1.82, 2.24) is 10.3 Å². The highest BCUT2D eigenvalue weighted by molar-refractivity contribution is 8.13. The maximum atomic E-state index is 4.50. The topological polar surface area (TPSA) is 37.3 Å². The third-order valence-corrected chi connectivity index (χ3v) is 3.91. The minimum atomic E-state index is 0.704. The van der Waals surface area contributed by atoms with Gasteiger partial charge in [-0.05, 0) is 30.0 Å². The molecule has 86 valence electrons. The summed E-state index contributed by atoms with van der Waals surface area (Å²) in [7, 11) is 0. The Bertz CT molecular complexity index is 390. The lowest BCUT2D eigenvalue weighted by atomic mass is 10.2. The van der Waals surface area contributed by atoms with Crippen LogP contribution in [0.15, 0.2) is 23.5 Å². The van der Waals surface area contributed by atoms with E-state index in [2.05, 4.69) is 29.1 Å². The molecule has 2 heterocycles. The average Bonchev–Trinajstić information content (AvgIpc) is 2.30. The van der Waals surface area contributed by atoms with Gasteiger partial charge in [-0.1, -0.05) is 18.7 Å². The van der Waals surface area contributed by atoms with Crippen molar-refractivity contribution in [3.63, 3.8) is 0 Å². The van der Waals surface area contributed by atoms with Crippen LogP contribution in [0.4, 0.5) is 0 Å². The molecule has 0 aromatic carbocycles. The molecule has 0 bridgehead atoms. The summed E-state index contributed by atoms with van der Waals surface area (Å²) in [5, 5.41) is 4.44. The lowest BCUT2D eigenvalue weighted by Gasteiger charge is -2.18. The van der Waals surface area contributed by atoms with Gasteiger partial charge in [0.05, 0.1) is 0 Å². The van der Waals surface area contributed by atoms with Crippen LogP contribution in [0, 0.1) is 12.8 Å². The molecular weight excluding hydrogens is 218 g/mol. The van der Waals surface area contributed by atoms with Gasteiger partial charge >= 0.3 is 0 Å². The Morgan fingerprint density at radius 3 is 3.12 bits per heavy atom. The fourth-order valence-corrected chi connectivity index (χ4v) is 2.41. The Morgan fingerprint density at radius 2 is 2.44 bits per heavy atom. The third kappa shape index (κ3) is 2.98. The van der Waals surface area contributed by atoms with E-state index in [0.717, 1.165) is 24.0 Å². The summed E-state index contributed by atoms with van der Waals surface area (Å²) in [6.45, 7) is 6.11. The van der Waals surface area contributed by atoms with Gasteiger partial charge in [-0.25, -0.2) is 0 Å². The predicted octanol–water partition coefficient (Wildman–Crippen LogP) is 2.22. The second-order valence-corrected chi connectivity index (χ2v) is 5.23. The Morgan fingerprint density at radius 1 is 1.56 bits per heavy atom. The zero-order chi connectivity index (χ0) is 11.4. The Hall–Kier alpha value is -1.03. The molecule has 4 heteroatoms. The van der Waals surface area contributed by atoms with Crippen LogP contribution in [-0.2, 0) is 6.54 Å². The van der Waals surface area contributed by atoms with Crippen LogP contribution >= 0.6 is 11.8 Å². The minimum absolute atomic E-state index is 0.704. The number of hydrogen-bond acceptors (Lipinski definition) is 4. The summed E-state index contributed by atoms with van der Waals surface area (Å²) in [4.78, 5) is 8.64. The molecule has 1 aliphatic rings. The molecule has 1 N–H and O–H groups in total. The lowest BCUT2D eigenvalue weighted by Crippen LogP contribution is -2.26. The van der Waals surface area contributed by atoms with Crippen molar-refractivity contribution in [2.45, 2.75) is 20.4 Å². The van der Waals surface area contributed by atoms with Crippen molar-refractivity contribution in [1.29, 1.82) is 0 Å². The molecule has 2 rings (SSSR count). The number of aryl methyl sites for hydroxylation is 1. The van der Waals surface area contributed by atoms with Gasteiger partial charge in [-0.15, -0.1) is 0 Å². The summed E-state index contributed by atoms with van der Waals surface area (Å²) in [6.07, 6.45) is 3.74. The second-order valence-electron chi connectivity index (χ2n) is 4.22. The molecule has 0 saturated heterocycles. The molecule has 1 aromatic heterocycles. The zero-order valence-electron chi connectivity index (χ0n) is 9.73. The Balaban J connectivity index is 1.91. The van der Waals surface area contributed by atoms with Gasteiger partial charge in [0.25, 0.3) is 0 Å². The molecular formula is C12H17N3S. The van der Waals surface area contributed by atoms with Gasteiger partial charge in [0.15, 0.2) is 5.17 Å². The standard InChI is InChI=1S/C12H17N3S/c1-9-5-14-12(16-8-9)15-7-11-6-13-4-3-10(11)2/h3-4,6,9H,5,7-8H2,1-2H3,(H,14,15). The van der Waals surface area contributed by atoms with Crippen LogP contribution in [0.5, 0.6) is 0 Å². The molecule has 0 amide bonds. The second kappa shape index (κ2) is 5.34. The normalized spacial score (nSPS) is 20.4. The molecule has 1 aromatic rings. The number of thioether (sulfide) groups is 1.